The molecule has 0 saturated carbocycles. The minimum absolute atomic E-state index is 0.122. The Morgan fingerprint density at radius 2 is 2.00 bits per heavy atom. The molecule has 2 N–H and O–H groups in total. The second-order valence-corrected chi connectivity index (χ2v) is 3.11. The van der Waals surface area contributed by atoms with Crippen LogP contribution in [0.15, 0.2) is 18.2 Å². The summed E-state index contributed by atoms with van der Waals surface area (Å²) in [6.45, 7) is 0. The number of hydrogen-bond acceptors (Lipinski definition) is 4. The molecule has 1 aromatic carbocycles. The number of rotatable bonds is 1. The monoisotopic (exact) mass is 193 g/mol. The van der Waals surface area contributed by atoms with Crippen LogP contribution in [0.4, 0.5) is 5.69 Å². The second kappa shape index (κ2) is 2.63. The summed E-state index contributed by atoms with van der Waals surface area (Å²) in [5.41, 5.74) is -0.122. The Morgan fingerprint density at radius 3 is 2.64 bits per heavy atom. The van der Waals surface area contributed by atoms with Crippen molar-refractivity contribution in [2.45, 2.75) is 5.79 Å². The lowest BCUT2D eigenvalue weighted by Crippen LogP contribution is -2.23. The first kappa shape index (κ1) is 8.86. The zero-order chi connectivity index (χ0) is 10.3. The molecule has 5 heteroatoms. The van der Waals surface area contributed by atoms with E-state index < -0.39 is 10.7 Å². The van der Waals surface area contributed by atoms with Crippen LogP contribution in [0.25, 0.3) is 12.2 Å². The van der Waals surface area contributed by atoms with Gasteiger partial charge in [0.05, 0.1) is 10.1 Å². The van der Waals surface area contributed by atoms with Crippen molar-refractivity contribution in [2.24, 2.45) is 0 Å². The largest absolute Gasteiger partial charge is 0.359 e. The molecule has 1 aliphatic rings. The molecule has 0 bridgehead atoms. The van der Waals surface area contributed by atoms with Crippen molar-refractivity contribution in [3.8, 4) is 0 Å². The topological polar surface area (TPSA) is 83.6 Å². The molecule has 5 nitrogen and oxygen atoms in total. The summed E-state index contributed by atoms with van der Waals surface area (Å²) >= 11 is 0. The first-order valence-corrected chi connectivity index (χ1v) is 3.93. The van der Waals surface area contributed by atoms with Gasteiger partial charge in [-0.2, -0.15) is 0 Å². The van der Waals surface area contributed by atoms with E-state index >= 15 is 0 Å². The number of nitrogens with zero attached hydrogens (tertiary/aromatic N) is 1. The number of fused-ring (bicyclic) bond motifs is 1. The van der Waals surface area contributed by atoms with Crippen LogP contribution in [-0.4, -0.2) is 20.9 Å². The van der Waals surface area contributed by atoms with Crippen LogP contribution in [0.3, 0.4) is 0 Å². The normalized spacial score (nSPS) is 16.7. The van der Waals surface area contributed by atoms with E-state index in [1.165, 1.54) is 12.1 Å². The first-order valence-electron chi connectivity index (χ1n) is 3.93. The predicted molar refractivity (Wildman–Crippen MR) is 48.4 cm³/mol. The zero-order valence-electron chi connectivity index (χ0n) is 7.04. The van der Waals surface area contributed by atoms with E-state index in [1.54, 1.807) is 6.07 Å². The minimum Gasteiger partial charge on any atom is -0.359 e. The van der Waals surface area contributed by atoms with Crippen LogP contribution in [0.1, 0.15) is 0 Å². The van der Waals surface area contributed by atoms with Crippen molar-refractivity contribution in [3.63, 3.8) is 0 Å². The average Bonchev–Trinajstić information content (AvgIpc) is 2.36. The van der Waals surface area contributed by atoms with Gasteiger partial charge in [0.25, 0.3) is 5.69 Å². The van der Waals surface area contributed by atoms with Crippen LogP contribution in [-0.2, 0) is 0 Å². The molecule has 0 amide bonds. The van der Waals surface area contributed by atoms with Crippen molar-refractivity contribution in [1.29, 1.82) is 0 Å². The lowest BCUT2D eigenvalue weighted by molar-refractivity contribution is -0.386. The molecule has 1 aliphatic carbocycles. The maximum atomic E-state index is 10.6. The highest BCUT2D eigenvalue weighted by atomic mass is 16.6. The summed E-state index contributed by atoms with van der Waals surface area (Å²) in [5.74, 6) is -2.07. The molecule has 0 fully saturated rings. The molecule has 0 unspecified atom stereocenters. The lowest BCUT2D eigenvalue weighted by atomic mass is 10.2. The number of benzene rings is 1. The highest BCUT2D eigenvalue weighted by molar-refractivity contribution is 5.60. The number of aliphatic hydroxyl groups is 2. The van der Waals surface area contributed by atoms with Crippen LogP contribution in [0.5, 0.6) is 0 Å². The van der Waals surface area contributed by atoms with Gasteiger partial charge in [-0.25, -0.2) is 0 Å². The minimum atomic E-state index is -2.07. The molecule has 0 saturated heterocycles. The van der Waals surface area contributed by atoms with E-state index in [9.17, 15) is 20.3 Å². The fraction of sp³-hybridized carbons (Fsp3) is 0.111. The SMILES string of the molecule is O=[N+]([O-])c1cccc2c1=CC(O)(O)C=2. The molecule has 72 valence electrons. The highest BCUT2D eigenvalue weighted by Gasteiger charge is 2.23. The summed E-state index contributed by atoms with van der Waals surface area (Å²) < 4.78 is 0. The van der Waals surface area contributed by atoms with Gasteiger partial charge in [-0.15, -0.1) is 0 Å². The predicted octanol–water partition coefficient (Wildman–Crippen LogP) is -1.15. The molecule has 0 aliphatic heterocycles. The van der Waals surface area contributed by atoms with Crippen LogP contribution >= 0.6 is 0 Å². The van der Waals surface area contributed by atoms with Gasteiger partial charge < -0.3 is 10.2 Å². The van der Waals surface area contributed by atoms with E-state index in [2.05, 4.69) is 0 Å². The van der Waals surface area contributed by atoms with E-state index in [0.717, 1.165) is 12.2 Å². The van der Waals surface area contributed by atoms with Gasteiger partial charge >= 0.3 is 0 Å². The van der Waals surface area contributed by atoms with Gasteiger partial charge in [-0.3, -0.25) is 10.1 Å². The van der Waals surface area contributed by atoms with Crippen molar-refractivity contribution in [1.82, 2.24) is 0 Å². The smallest absolute Gasteiger partial charge is 0.277 e. The summed E-state index contributed by atoms with van der Waals surface area (Å²) in [5, 5.41) is 29.8. The molecular formula is C9H7NO4. The molecule has 0 heterocycles. The average molecular weight is 193 g/mol. The van der Waals surface area contributed by atoms with Gasteiger partial charge in [0, 0.05) is 6.07 Å². The Bertz CT molecular complexity index is 518. The molecule has 14 heavy (non-hydrogen) atoms. The van der Waals surface area contributed by atoms with Crippen molar-refractivity contribution < 1.29 is 15.1 Å². The van der Waals surface area contributed by atoms with Gasteiger partial charge in [-0.05, 0) is 17.4 Å². The standard InChI is InChI=1S/C9H7NO4/c11-9(12)4-6-2-1-3-8(10(13)14)7(6)5-9/h1-5,11-12H. The number of non-ortho nitro benzene ring substituents is 1. The number of nitro benzene ring substituents is 1. The Hall–Kier alpha value is -1.72. The van der Waals surface area contributed by atoms with E-state index in [4.69, 9.17) is 0 Å². The maximum Gasteiger partial charge on any atom is 0.277 e. The Balaban J connectivity index is 2.82. The summed E-state index contributed by atoms with van der Waals surface area (Å²) in [7, 11) is 0. The Morgan fingerprint density at radius 1 is 1.29 bits per heavy atom. The van der Waals surface area contributed by atoms with Crippen molar-refractivity contribution in [3.05, 3.63) is 38.8 Å². The third-order valence-electron chi connectivity index (χ3n) is 2.04. The van der Waals surface area contributed by atoms with E-state index in [0.29, 0.717) is 5.22 Å². The summed E-state index contributed by atoms with van der Waals surface area (Å²) in [6, 6.07) is 4.42. The fourth-order valence-corrected chi connectivity index (χ4v) is 1.50. The van der Waals surface area contributed by atoms with Crippen LogP contribution in [0.2, 0.25) is 0 Å². The summed E-state index contributed by atoms with van der Waals surface area (Å²) in [6.07, 6.45) is 2.22. The van der Waals surface area contributed by atoms with Crippen LogP contribution in [0, 0.1) is 10.1 Å². The summed E-state index contributed by atoms with van der Waals surface area (Å²) in [4.78, 5) is 10.0. The second-order valence-electron chi connectivity index (χ2n) is 3.11. The molecule has 1 aromatic rings. The van der Waals surface area contributed by atoms with Gasteiger partial charge in [0.1, 0.15) is 0 Å². The number of hydrogen-bond donors (Lipinski definition) is 2. The molecule has 0 radical (unpaired) electrons. The van der Waals surface area contributed by atoms with Gasteiger partial charge in [0.2, 0.25) is 5.79 Å². The quantitative estimate of drug-likeness (QED) is 0.335. The molecule has 0 aromatic heterocycles. The Labute approximate surface area is 78.4 Å². The zero-order valence-corrected chi connectivity index (χ0v) is 7.04. The van der Waals surface area contributed by atoms with E-state index in [1.807, 2.05) is 0 Å². The van der Waals surface area contributed by atoms with Crippen molar-refractivity contribution >= 4 is 17.8 Å². The lowest BCUT2D eigenvalue weighted by Gasteiger charge is -2.06. The molecule has 0 spiro atoms. The molecular weight excluding hydrogens is 186 g/mol. The van der Waals surface area contributed by atoms with E-state index in [-0.39, 0.29) is 10.9 Å². The van der Waals surface area contributed by atoms with Gasteiger partial charge in [-0.1, -0.05) is 12.1 Å². The fourth-order valence-electron chi connectivity index (χ4n) is 1.50. The highest BCUT2D eigenvalue weighted by Crippen LogP contribution is 2.10. The maximum absolute atomic E-state index is 10.6. The van der Waals surface area contributed by atoms with Crippen LogP contribution < -0.4 is 10.4 Å². The van der Waals surface area contributed by atoms with Crippen molar-refractivity contribution in [2.75, 3.05) is 0 Å². The molecule has 0 atom stereocenters. The Kier molecular flexibility index (Phi) is 1.67. The third kappa shape index (κ3) is 1.28. The molecule has 2 rings (SSSR count). The number of nitro groups is 1. The third-order valence-corrected chi connectivity index (χ3v) is 2.04. The van der Waals surface area contributed by atoms with Gasteiger partial charge in [0.15, 0.2) is 0 Å². The first-order chi connectivity index (χ1) is 6.49.